The van der Waals surface area contributed by atoms with Gasteiger partial charge in [0.15, 0.2) is 14.1 Å². The number of allylic oxidation sites excluding steroid dienone is 1. The summed E-state index contributed by atoms with van der Waals surface area (Å²) < 4.78 is 5.82. The molecular weight excluding hydrogens is 192 g/mol. The van der Waals surface area contributed by atoms with Gasteiger partial charge in [0, 0.05) is 18.4 Å². The fraction of sp³-hybridized carbons (Fsp3) is 0.545. The Kier molecular flexibility index (Phi) is 3.30. The van der Waals surface area contributed by atoms with E-state index in [0.29, 0.717) is 12.8 Å². The van der Waals surface area contributed by atoms with Crippen LogP contribution in [-0.2, 0) is 9.22 Å². The van der Waals surface area contributed by atoms with E-state index in [4.69, 9.17) is 10.8 Å². The maximum Gasteiger partial charge on any atom is 0.184 e. The van der Waals surface area contributed by atoms with Crippen LogP contribution in [0, 0.1) is 12.3 Å². The van der Waals surface area contributed by atoms with Gasteiger partial charge in [0.1, 0.15) is 0 Å². The van der Waals surface area contributed by atoms with E-state index >= 15 is 0 Å². The van der Waals surface area contributed by atoms with Crippen LogP contribution in [0.15, 0.2) is 11.6 Å². The molecule has 0 aromatic heterocycles. The van der Waals surface area contributed by atoms with E-state index in [-0.39, 0.29) is 11.9 Å². The minimum atomic E-state index is -1.55. The van der Waals surface area contributed by atoms with Crippen LogP contribution in [0.5, 0.6) is 0 Å². The maximum atomic E-state index is 11.4. The van der Waals surface area contributed by atoms with Crippen LogP contribution >= 0.6 is 0 Å². The lowest BCUT2D eigenvalue weighted by Crippen LogP contribution is -2.30. The monoisotopic (exact) mass is 208 g/mol. The van der Waals surface area contributed by atoms with Crippen molar-refractivity contribution in [3.63, 3.8) is 0 Å². The molecule has 1 rings (SSSR count). The molecule has 0 aromatic rings. The number of terminal acetylenes is 1. The van der Waals surface area contributed by atoms with Crippen molar-refractivity contribution in [1.29, 1.82) is 0 Å². The van der Waals surface area contributed by atoms with Crippen LogP contribution < -0.4 is 0 Å². The van der Waals surface area contributed by atoms with Crippen molar-refractivity contribution in [2.45, 2.75) is 38.6 Å². The molecule has 0 aliphatic heterocycles. The third kappa shape index (κ3) is 3.13. The molecule has 1 unspecified atom stereocenters. The Bertz CT molecular complexity index is 304. The van der Waals surface area contributed by atoms with Crippen molar-refractivity contribution in [2.24, 2.45) is 0 Å². The number of carbonyl (C=O) groups is 1. The first kappa shape index (κ1) is 11.2. The van der Waals surface area contributed by atoms with Gasteiger partial charge in [-0.1, -0.05) is 0 Å². The van der Waals surface area contributed by atoms with Crippen LogP contribution in [0.2, 0.25) is 19.6 Å². The van der Waals surface area contributed by atoms with Crippen molar-refractivity contribution in [2.75, 3.05) is 0 Å². The summed E-state index contributed by atoms with van der Waals surface area (Å²) in [6.07, 6.45) is 7.94. The molecule has 0 fully saturated rings. The summed E-state index contributed by atoms with van der Waals surface area (Å²) in [5.41, 5.74) is 0.746. The fourth-order valence-corrected chi connectivity index (χ4v) is 2.55. The second-order valence-corrected chi connectivity index (χ2v) is 8.93. The Hall–Kier alpha value is -0.853. The third-order valence-corrected chi connectivity index (χ3v) is 2.94. The molecule has 0 heterocycles. The molecule has 14 heavy (non-hydrogen) atoms. The molecule has 76 valence electrons. The van der Waals surface area contributed by atoms with E-state index in [0.717, 1.165) is 5.57 Å². The largest absolute Gasteiger partial charge is 0.411 e. The van der Waals surface area contributed by atoms with Gasteiger partial charge >= 0.3 is 0 Å². The van der Waals surface area contributed by atoms with Gasteiger partial charge in [-0.2, -0.15) is 0 Å². The molecule has 0 saturated heterocycles. The smallest absolute Gasteiger partial charge is 0.184 e. The quantitative estimate of drug-likeness (QED) is 0.524. The Balaban J connectivity index is 2.62. The number of rotatable bonds is 3. The molecule has 0 amide bonds. The zero-order valence-corrected chi connectivity index (χ0v) is 9.96. The molecule has 0 bridgehead atoms. The van der Waals surface area contributed by atoms with Gasteiger partial charge in [-0.15, -0.1) is 12.3 Å². The Morgan fingerprint density at radius 2 is 2.29 bits per heavy atom. The Labute approximate surface area is 86.5 Å². The van der Waals surface area contributed by atoms with Gasteiger partial charge in [-0.05, 0) is 25.7 Å². The lowest BCUT2D eigenvalue weighted by molar-refractivity contribution is -0.115. The highest BCUT2D eigenvalue weighted by Gasteiger charge is 2.28. The Morgan fingerprint density at radius 3 is 2.79 bits per heavy atom. The van der Waals surface area contributed by atoms with Gasteiger partial charge in [0.25, 0.3) is 0 Å². The predicted octanol–water partition coefficient (Wildman–Crippen LogP) is 2.13. The zero-order chi connectivity index (χ0) is 10.8. The van der Waals surface area contributed by atoms with E-state index < -0.39 is 8.32 Å². The average molecular weight is 208 g/mol. The van der Waals surface area contributed by atoms with E-state index in [1.54, 1.807) is 0 Å². The van der Waals surface area contributed by atoms with E-state index in [2.05, 4.69) is 25.6 Å². The van der Waals surface area contributed by atoms with E-state index in [9.17, 15) is 4.79 Å². The molecule has 0 radical (unpaired) electrons. The third-order valence-electron chi connectivity index (χ3n) is 1.93. The first-order chi connectivity index (χ1) is 6.42. The minimum absolute atomic E-state index is 0.0301. The highest BCUT2D eigenvalue weighted by Crippen LogP contribution is 2.22. The van der Waals surface area contributed by atoms with Gasteiger partial charge < -0.3 is 4.43 Å². The first-order valence-corrected chi connectivity index (χ1v) is 8.18. The summed E-state index contributed by atoms with van der Waals surface area (Å²) in [6.45, 7) is 6.35. The number of carbonyl (C=O) groups excluding carboxylic acids is 1. The second-order valence-electron chi connectivity index (χ2n) is 4.47. The molecular formula is C11H16O2Si. The van der Waals surface area contributed by atoms with Crippen LogP contribution in [0.3, 0.4) is 0 Å². The van der Waals surface area contributed by atoms with E-state index in [1.165, 1.54) is 0 Å². The number of ketones is 1. The summed E-state index contributed by atoms with van der Waals surface area (Å²) in [7, 11) is -1.55. The highest BCUT2D eigenvalue weighted by atomic mass is 28.4. The highest BCUT2D eigenvalue weighted by molar-refractivity contribution is 6.69. The van der Waals surface area contributed by atoms with E-state index in [1.807, 2.05) is 6.08 Å². The van der Waals surface area contributed by atoms with Crippen molar-refractivity contribution in [3.8, 4) is 12.3 Å². The zero-order valence-electron chi connectivity index (χ0n) is 8.96. The molecule has 1 atom stereocenters. The van der Waals surface area contributed by atoms with Gasteiger partial charge in [0.2, 0.25) is 0 Å². The second kappa shape index (κ2) is 4.12. The molecule has 3 heteroatoms. The average Bonchev–Trinajstić information content (AvgIpc) is 2.28. The lowest BCUT2D eigenvalue weighted by atomic mass is 10.1. The molecule has 0 saturated carbocycles. The van der Waals surface area contributed by atoms with Crippen LogP contribution in [0.1, 0.15) is 12.8 Å². The van der Waals surface area contributed by atoms with Crippen LogP contribution in [0.4, 0.5) is 0 Å². The van der Waals surface area contributed by atoms with Gasteiger partial charge in [0.05, 0.1) is 6.10 Å². The lowest BCUT2D eigenvalue weighted by Gasteiger charge is -2.21. The molecule has 1 aliphatic rings. The topological polar surface area (TPSA) is 26.3 Å². The van der Waals surface area contributed by atoms with Gasteiger partial charge in [-0.3, -0.25) is 4.79 Å². The van der Waals surface area contributed by atoms with Crippen molar-refractivity contribution in [1.82, 2.24) is 0 Å². The maximum absolute atomic E-state index is 11.4. The first-order valence-electron chi connectivity index (χ1n) is 4.77. The van der Waals surface area contributed by atoms with Crippen LogP contribution in [-0.4, -0.2) is 20.2 Å². The van der Waals surface area contributed by atoms with Crippen molar-refractivity contribution in [3.05, 3.63) is 11.6 Å². The molecule has 0 spiro atoms. The van der Waals surface area contributed by atoms with Crippen molar-refractivity contribution < 1.29 is 9.22 Å². The normalized spacial score (nSPS) is 22.0. The molecule has 0 N–H and O–H groups in total. The summed E-state index contributed by atoms with van der Waals surface area (Å²) in [5.74, 6) is 2.63. The minimum Gasteiger partial charge on any atom is -0.411 e. The number of hydrogen-bond acceptors (Lipinski definition) is 2. The predicted molar refractivity (Wildman–Crippen MR) is 59.4 cm³/mol. The summed E-state index contributed by atoms with van der Waals surface area (Å²) in [6, 6.07) is 0. The van der Waals surface area contributed by atoms with Gasteiger partial charge in [-0.25, -0.2) is 0 Å². The summed E-state index contributed by atoms with van der Waals surface area (Å²) in [5, 5.41) is 0. The standard InChI is InChI=1S/C11H16O2Si/c1-5-6-9-7-10(8-11(9)12)13-14(2,3)4/h1,7,10H,6,8H2,2-4H3. The summed E-state index contributed by atoms with van der Waals surface area (Å²) >= 11 is 0. The van der Waals surface area contributed by atoms with Crippen molar-refractivity contribution >= 4 is 14.1 Å². The molecule has 2 nitrogen and oxygen atoms in total. The molecule has 1 aliphatic carbocycles. The number of Topliss-reactive ketones (excluding diaryl/α,β-unsaturated/α-hetero) is 1. The van der Waals surface area contributed by atoms with Crippen LogP contribution in [0.25, 0.3) is 0 Å². The number of hydrogen-bond donors (Lipinski definition) is 0. The molecule has 0 aromatic carbocycles. The summed E-state index contributed by atoms with van der Waals surface area (Å²) in [4.78, 5) is 11.4. The fourth-order valence-electron chi connectivity index (χ4n) is 1.49. The SMILES string of the molecule is C#CCC1=CC(O[Si](C)(C)C)CC1=O. The Morgan fingerprint density at radius 1 is 1.64 bits per heavy atom.